The van der Waals surface area contributed by atoms with Gasteiger partial charge in [-0.15, -0.1) is 0 Å². The molecular weight excluding hydrogens is 294 g/mol. The van der Waals surface area contributed by atoms with E-state index >= 15 is 0 Å². The molecule has 4 aromatic rings. The van der Waals surface area contributed by atoms with Crippen molar-refractivity contribution in [1.29, 1.82) is 0 Å². The first-order chi connectivity index (χ1) is 11.9. The van der Waals surface area contributed by atoms with Crippen LogP contribution in [0, 0.1) is 0 Å². The summed E-state index contributed by atoms with van der Waals surface area (Å²) in [4.78, 5) is 4.79. The van der Waals surface area contributed by atoms with Crippen LogP contribution in [0.1, 0.15) is 11.5 Å². The molecule has 0 aliphatic heterocycles. The van der Waals surface area contributed by atoms with Crippen molar-refractivity contribution in [3.8, 4) is 22.6 Å². The van der Waals surface area contributed by atoms with E-state index in [-0.39, 0.29) is 0 Å². The number of benzene rings is 3. The van der Waals surface area contributed by atoms with Gasteiger partial charge in [0.15, 0.2) is 11.7 Å². The van der Waals surface area contributed by atoms with E-state index in [1.807, 2.05) is 54.6 Å². The second kappa shape index (κ2) is 6.55. The van der Waals surface area contributed by atoms with Crippen molar-refractivity contribution < 1.29 is 4.42 Å². The van der Waals surface area contributed by atoms with Gasteiger partial charge in [0, 0.05) is 17.5 Å². The minimum absolute atomic E-state index is 0.688. The van der Waals surface area contributed by atoms with E-state index in [1.165, 1.54) is 5.56 Å². The highest BCUT2D eigenvalue weighted by atomic mass is 16.4. The first-order valence-electron chi connectivity index (χ1n) is 8.04. The number of hydrogen-bond acceptors (Lipinski definition) is 2. The first kappa shape index (κ1) is 14.5. The van der Waals surface area contributed by atoms with Crippen LogP contribution in [0.25, 0.3) is 22.6 Å². The molecule has 0 saturated heterocycles. The fraction of sp³-hybridized carbons (Fsp3) is 0.0455. The minimum Gasteiger partial charge on any atom is -0.440 e. The zero-order chi connectivity index (χ0) is 16.2. The summed E-state index contributed by atoms with van der Waals surface area (Å²) in [5.41, 5.74) is 4.20. The quantitative estimate of drug-likeness (QED) is 0.490. The summed E-state index contributed by atoms with van der Waals surface area (Å²) in [6, 6.07) is 30.6. The predicted octanol–water partition coefficient (Wildman–Crippen LogP) is 5.60. The van der Waals surface area contributed by atoms with Crippen molar-refractivity contribution in [2.24, 2.45) is 0 Å². The first-order valence-corrected chi connectivity index (χ1v) is 8.04. The Morgan fingerprint density at radius 2 is 1.17 bits per heavy atom. The molecular formula is C22H17NO. The average Bonchev–Trinajstić information content (AvgIpc) is 3.08. The lowest BCUT2D eigenvalue weighted by molar-refractivity contribution is 0.519. The summed E-state index contributed by atoms with van der Waals surface area (Å²) < 4.78 is 6.15. The van der Waals surface area contributed by atoms with Crippen LogP contribution in [-0.4, -0.2) is 4.98 Å². The van der Waals surface area contributed by atoms with Gasteiger partial charge in [-0.25, -0.2) is 4.98 Å². The molecule has 1 aromatic heterocycles. The Morgan fingerprint density at radius 1 is 0.625 bits per heavy atom. The Morgan fingerprint density at radius 3 is 1.79 bits per heavy atom. The van der Waals surface area contributed by atoms with Crippen LogP contribution in [0.4, 0.5) is 0 Å². The summed E-state index contributed by atoms with van der Waals surface area (Å²) in [6.07, 6.45) is 0.688. The lowest BCUT2D eigenvalue weighted by Gasteiger charge is -2.00. The molecule has 0 unspecified atom stereocenters. The Balaban J connectivity index is 1.79. The van der Waals surface area contributed by atoms with Gasteiger partial charge in [-0.2, -0.15) is 0 Å². The molecule has 4 rings (SSSR count). The molecule has 0 radical (unpaired) electrons. The smallest absolute Gasteiger partial charge is 0.199 e. The molecule has 0 spiro atoms. The van der Waals surface area contributed by atoms with E-state index in [1.54, 1.807) is 0 Å². The number of aromatic nitrogens is 1. The van der Waals surface area contributed by atoms with E-state index in [4.69, 9.17) is 9.40 Å². The second-order valence-electron chi connectivity index (χ2n) is 5.68. The van der Waals surface area contributed by atoms with Crippen LogP contribution in [0.2, 0.25) is 0 Å². The van der Waals surface area contributed by atoms with Gasteiger partial charge >= 0.3 is 0 Å². The monoisotopic (exact) mass is 311 g/mol. The number of nitrogens with zero attached hydrogens (tertiary/aromatic N) is 1. The summed E-state index contributed by atoms with van der Waals surface area (Å²) in [7, 11) is 0. The van der Waals surface area contributed by atoms with Gasteiger partial charge in [0.1, 0.15) is 5.69 Å². The molecule has 0 aliphatic rings. The highest BCUT2D eigenvalue weighted by Gasteiger charge is 2.16. The zero-order valence-corrected chi connectivity index (χ0v) is 13.2. The van der Waals surface area contributed by atoms with Crippen LogP contribution in [0.3, 0.4) is 0 Å². The second-order valence-corrected chi connectivity index (χ2v) is 5.68. The minimum atomic E-state index is 0.688. The molecule has 2 nitrogen and oxygen atoms in total. The molecule has 0 atom stereocenters. The van der Waals surface area contributed by atoms with Crippen LogP contribution in [-0.2, 0) is 6.42 Å². The maximum atomic E-state index is 6.15. The molecule has 0 aliphatic carbocycles. The third kappa shape index (κ3) is 2.99. The Hall–Kier alpha value is -3.13. The van der Waals surface area contributed by atoms with Crippen LogP contribution in [0.15, 0.2) is 95.4 Å². The van der Waals surface area contributed by atoms with Gasteiger partial charge in [0.25, 0.3) is 0 Å². The van der Waals surface area contributed by atoms with E-state index in [0.29, 0.717) is 6.42 Å². The van der Waals surface area contributed by atoms with Crippen molar-refractivity contribution in [2.45, 2.75) is 6.42 Å². The fourth-order valence-corrected chi connectivity index (χ4v) is 2.79. The van der Waals surface area contributed by atoms with Gasteiger partial charge in [0.05, 0.1) is 0 Å². The molecule has 3 aromatic carbocycles. The lowest BCUT2D eigenvalue weighted by Crippen LogP contribution is -1.87. The van der Waals surface area contributed by atoms with Gasteiger partial charge in [-0.05, 0) is 5.56 Å². The summed E-state index contributed by atoms with van der Waals surface area (Å²) >= 11 is 0. The van der Waals surface area contributed by atoms with E-state index < -0.39 is 0 Å². The third-order valence-electron chi connectivity index (χ3n) is 3.95. The van der Waals surface area contributed by atoms with Crippen molar-refractivity contribution in [1.82, 2.24) is 4.98 Å². The van der Waals surface area contributed by atoms with E-state index in [0.717, 1.165) is 28.5 Å². The van der Waals surface area contributed by atoms with E-state index in [2.05, 4.69) is 36.4 Å². The highest BCUT2D eigenvalue weighted by Crippen LogP contribution is 2.33. The Bertz CT molecular complexity index is 855. The highest BCUT2D eigenvalue weighted by molar-refractivity contribution is 5.76. The number of hydrogen-bond donors (Lipinski definition) is 0. The average molecular weight is 311 g/mol. The van der Waals surface area contributed by atoms with Gasteiger partial charge in [0.2, 0.25) is 0 Å². The largest absolute Gasteiger partial charge is 0.440 e. The number of rotatable bonds is 4. The predicted molar refractivity (Wildman–Crippen MR) is 96.6 cm³/mol. The van der Waals surface area contributed by atoms with E-state index in [9.17, 15) is 0 Å². The van der Waals surface area contributed by atoms with Gasteiger partial charge in [-0.3, -0.25) is 0 Å². The molecule has 0 N–H and O–H groups in total. The maximum absolute atomic E-state index is 6.15. The molecule has 0 bridgehead atoms. The Labute approximate surface area is 141 Å². The van der Waals surface area contributed by atoms with Crippen molar-refractivity contribution in [3.63, 3.8) is 0 Å². The SMILES string of the molecule is c1ccc(Cc2nc(-c3ccccc3)c(-c3ccccc3)o2)cc1. The molecule has 0 amide bonds. The van der Waals surface area contributed by atoms with Crippen molar-refractivity contribution in [2.75, 3.05) is 0 Å². The van der Waals surface area contributed by atoms with Crippen LogP contribution in [0.5, 0.6) is 0 Å². The fourth-order valence-electron chi connectivity index (χ4n) is 2.79. The van der Waals surface area contributed by atoms with Crippen molar-refractivity contribution >= 4 is 0 Å². The van der Waals surface area contributed by atoms with Crippen molar-refractivity contribution in [3.05, 3.63) is 102 Å². The Kier molecular flexibility index (Phi) is 3.95. The molecule has 116 valence electrons. The molecule has 0 saturated carbocycles. The third-order valence-corrected chi connectivity index (χ3v) is 3.95. The van der Waals surface area contributed by atoms with Gasteiger partial charge < -0.3 is 4.42 Å². The zero-order valence-electron chi connectivity index (χ0n) is 13.2. The molecule has 1 heterocycles. The topological polar surface area (TPSA) is 26.0 Å². The standard InChI is InChI=1S/C22H17NO/c1-4-10-17(11-5-1)16-20-23-21(18-12-6-2-7-13-18)22(24-20)19-14-8-3-9-15-19/h1-15H,16H2. The number of oxazole rings is 1. The maximum Gasteiger partial charge on any atom is 0.199 e. The molecule has 24 heavy (non-hydrogen) atoms. The normalized spacial score (nSPS) is 10.7. The lowest BCUT2D eigenvalue weighted by atomic mass is 10.1. The molecule has 2 heteroatoms. The van der Waals surface area contributed by atoms with Gasteiger partial charge in [-0.1, -0.05) is 91.0 Å². The summed E-state index contributed by atoms with van der Waals surface area (Å²) in [5.74, 6) is 1.56. The molecule has 0 fully saturated rings. The van der Waals surface area contributed by atoms with Crippen LogP contribution < -0.4 is 0 Å². The van der Waals surface area contributed by atoms with Crippen LogP contribution >= 0.6 is 0 Å². The summed E-state index contributed by atoms with van der Waals surface area (Å²) in [5, 5.41) is 0. The summed E-state index contributed by atoms with van der Waals surface area (Å²) in [6.45, 7) is 0.